The van der Waals surface area contributed by atoms with Crippen molar-refractivity contribution in [1.82, 2.24) is 14.8 Å². The molecule has 1 aliphatic rings. The number of hydrogen-bond donors (Lipinski definition) is 1. The first-order valence-corrected chi connectivity index (χ1v) is 11.7. The number of aromatic nitrogens is 3. The summed E-state index contributed by atoms with van der Waals surface area (Å²) in [6.45, 7) is 6.63. The molecule has 0 aliphatic carbocycles. The average molecular weight is 481 g/mol. The Bertz CT molecular complexity index is 1180. The highest BCUT2D eigenvalue weighted by molar-refractivity contribution is 7.99. The fourth-order valence-electron chi connectivity index (χ4n) is 3.32. The molecule has 2 heterocycles. The molecule has 1 unspecified atom stereocenters. The summed E-state index contributed by atoms with van der Waals surface area (Å²) in [5.74, 6) is 1.45. The molecule has 4 rings (SSSR count). The number of benzene rings is 2. The lowest BCUT2D eigenvalue weighted by Crippen LogP contribution is -2.25. The Morgan fingerprint density at radius 3 is 2.71 bits per heavy atom. The van der Waals surface area contributed by atoms with Gasteiger partial charge in [0.25, 0.3) is 0 Å². The number of thioether (sulfide) groups is 1. The summed E-state index contributed by atoms with van der Waals surface area (Å²) in [7, 11) is 0. The van der Waals surface area contributed by atoms with Gasteiger partial charge in [-0.15, -0.1) is 16.8 Å². The van der Waals surface area contributed by atoms with E-state index in [1.54, 1.807) is 37.3 Å². The number of amides is 1. The van der Waals surface area contributed by atoms with Crippen molar-refractivity contribution in [3.8, 4) is 11.5 Å². The number of para-hydroxylation sites is 2. The quantitative estimate of drug-likeness (QED) is 0.280. The third-order valence-electron chi connectivity index (χ3n) is 4.87. The van der Waals surface area contributed by atoms with Crippen LogP contribution in [0.5, 0.6) is 11.5 Å². The first kappa shape index (κ1) is 23.4. The highest BCUT2D eigenvalue weighted by atomic mass is 32.2. The van der Waals surface area contributed by atoms with E-state index in [1.165, 1.54) is 11.8 Å². The number of anilines is 1. The van der Waals surface area contributed by atoms with Crippen molar-refractivity contribution in [2.24, 2.45) is 0 Å². The molecule has 2 aromatic carbocycles. The number of carbonyl (C=O) groups excluding carboxylic acids is 2. The zero-order chi connectivity index (χ0) is 23.9. The molecule has 0 saturated carbocycles. The van der Waals surface area contributed by atoms with E-state index in [2.05, 4.69) is 22.1 Å². The highest BCUT2D eigenvalue weighted by Gasteiger charge is 2.28. The monoisotopic (exact) mass is 480 g/mol. The average Bonchev–Trinajstić information content (AvgIpc) is 3.26. The van der Waals surface area contributed by atoms with Crippen molar-refractivity contribution >= 4 is 29.3 Å². The largest absolute Gasteiger partial charge is 0.485 e. The highest BCUT2D eigenvalue weighted by Crippen LogP contribution is 2.36. The molecule has 3 aromatic rings. The molecule has 34 heavy (non-hydrogen) atoms. The Morgan fingerprint density at radius 1 is 1.21 bits per heavy atom. The molecule has 1 N–H and O–H groups in total. The number of nitrogens with zero attached hydrogens (tertiary/aromatic N) is 3. The minimum absolute atomic E-state index is 0.125. The van der Waals surface area contributed by atoms with E-state index in [4.69, 9.17) is 14.2 Å². The Morgan fingerprint density at radius 2 is 1.97 bits per heavy atom. The van der Waals surface area contributed by atoms with Crippen LogP contribution in [0.2, 0.25) is 0 Å². The van der Waals surface area contributed by atoms with Gasteiger partial charge in [0, 0.05) is 12.2 Å². The molecular formula is C24H24N4O5S. The standard InChI is InChI=1S/C24H24N4O5S/c1-3-13-28-22(20-14-32-18-7-5-6-8-19(18)33-20)26-27-24(28)34-15-21(29)25-17-11-9-16(10-12-17)23(30)31-4-2/h3,5-12,20H,1,4,13-15H2,2H3,(H,25,29). The Hall–Kier alpha value is -3.79. The minimum Gasteiger partial charge on any atom is -0.485 e. The van der Waals surface area contributed by atoms with E-state index < -0.39 is 12.1 Å². The van der Waals surface area contributed by atoms with Gasteiger partial charge in [-0.2, -0.15) is 0 Å². The second-order valence-corrected chi connectivity index (χ2v) is 8.18. The van der Waals surface area contributed by atoms with Crippen LogP contribution in [0.25, 0.3) is 0 Å². The van der Waals surface area contributed by atoms with Gasteiger partial charge in [-0.1, -0.05) is 30.0 Å². The van der Waals surface area contributed by atoms with Crippen LogP contribution in [0, 0.1) is 0 Å². The number of hydrogen-bond acceptors (Lipinski definition) is 8. The molecule has 0 fully saturated rings. The lowest BCUT2D eigenvalue weighted by molar-refractivity contribution is -0.113. The van der Waals surface area contributed by atoms with Crippen molar-refractivity contribution in [3.63, 3.8) is 0 Å². The number of nitrogens with one attached hydrogen (secondary N) is 1. The van der Waals surface area contributed by atoms with Crippen molar-refractivity contribution in [1.29, 1.82) is 0 Å². The van der Waals surface area contributed by atoms with Crippen LogP contribution in [0.3, 0.4) is 0 Å². The lowest BCUT2D eigenvalue weighted by Gasteiger charge is -2.26. The van der Waals surface area contributed by atoms with E-state index in [0.29, 0.717) is 53.5 Å². The van der Waals surface area contributed by atoms with Gasteiger partial charge in [0.15, 0.2) is 28.6 Å². The van der Waals surface area contributed by atoms with Crippen molar-refractivity contribution in [2.75, 3.05) is 24.3 Å². The summed E-state index contributed by atoms with van der Waals surface area (Å²) in [5.41, 5.74) is 1.01. The van der Waals surface area contributed by atoms with Crippen molar-refractivity contribution < 1.29 is 23.8 Å². The van der Waals surface area contributed by atoms with E-state index in [1.807, 2.05) is 28.8 Å². The molecule has 1 aromatic heterocycles. The maximum Gasteiger partial charge on any atom is 0.338 e. The second-order valence-electron chi connectivity index (χ2n) is 7.24. The predicted octanol–water partition coefficient (Wildman–Crippen LogP) is 3.88. The second kappa shape index (κ2) is 10.9. The van der Waals surface area contributed by atoms with Crippen molar-refractivity contribution in [3.05, 3.63) is 72.6 Å². The Kier molecular flexibility index (Phi) is 7.48. The molecule has 0 radical (unpaired) electrons. The molecule has 1 atom stereocenters. The molecule has 9 nitrogen and oxygen atoms in total. The smallest absolute Gasteiger partial charge is 0.338 e. The van der Waals surface area contributed by atoms with E-state index in [-0.39, 0.29) is 11.7 Å². The fraction of sp³-hybridized carbons (Fsp3) is 0.250. The molecule has 176 valence electrons. The third kappa shape index (κ3) is 5.40. The van der Waals surface area contributed by atoms with Gasteiger partial charge in [-0.25, -0.2) is 4.79 Å². The molecule has 10 heteroatoms. The Balaban J connectivity index is 1.38. The molecular weight excluding hydrogens is 456 g/mol. The first-order valence-electron chi connectivity index (χ1n) is 10.7. The molecule has 0 saturated heterocycles. The maximum atomic E-state index is 12.5. The normalized spacial score (nSPS) is 14.3. The summed E-state index contributed by atoms with van der Waals surface area (Å²) in [4.78, 5) is 24.2. The minimum atomic E-state index is -0.427. The summed E-state index contributed by atoms with van der Waals surface area (Å²) in [5, 5.41) is 11.9. The number of esters is 1. The van der Waals surface area contributed by atoms with E-state index in [0.717, 1.165) is 0 Å². The zero-order valence-corrected chi connectivity index (χ0v) is 19.4. The summed E-state index contributed by atoms with van der Waals surface area (Å²) in [6, 6.07) is 14.0. The van der Waals surface area contributed by atoms with Gasteiger partial charge in [-0.3, -0.25) is 9.36 Å². The van der Waals surface area contributed by atoms with Gasteiger partial charge in [0.1, 0.15) is 6.61 Å². The van der Waals surface area contributed by atoms with Gasteiger partial charge < -0.3 is 19.5 Å². The van der Waals surface area contributed by atoms with Gasteiger partial charge in [0.2, 0.25) is 5.91 Å². The SMILES string of the molecule is C=CCn1c(SCC(=O)Nc2ccc(C(=O)OCC)cc2)nnc1C1COc2ccccc2O1. The number of fused-ring (bicyclic) bond motifs is 1. The molecule has 1 aliphatic heterocycles. The zero-order valence-electron chi connectivity index (χ0n) is 18.6. The first-order chi connectivity index (χ1) is 16.6. The Labute approximate surface area is 201 Å². The molecule has 1 amide bonds. The van der Waals surface area contributed by atoms with Crippen LogP contribution in [0.4, 0.5) is 5.69 Å². The van der Waals surface area contributed by atoms with Crippen LogP contribution in [0.15, 0.2) is 66.3 Å². The fourth-order valence-corrected chi connectivity index (χ4v) is 4.08. The van der Waals surface area contributed by atoms with E-state index >= 15 is 0 Å². The number of carbonyl (C=O) groups is 2. The van der Waals surface area contributed by atoms with Gasteiger partial charge in [-0.05, 0) is 43.3 Å². The summed E-state index contributed by atoms with van der Waals surface area (Å²) < 4.78 is 18.7. The van der Waals surface area contributed by atoms with Crippen molar-refractivity contribution in [2.45, 2.75) is 24.7 Å². The lowest BCUT2D eigenvalue weighted by atomic mass is 10.2. The summed E-state index contributed by atoms with van der Waals surface area (Å²) >= 11 is 1.26. The number of allylic oxidation sites excluding steroid dienone is 1. The number of rotatable bonds is 9. The van der Waals surface area contributed by atoms with Crippen LogP contribution in [-0.2, 0) is 16.1 Å². The van der Waals surface area contributed by atoms with Crippen LogP contribution in [0.1, 0.15) is 29.2 Å². The molecule has 0 spiro atoms. The van der Waals surface area contributed by atoms with Crippen LogP contribution >= 0.6 is 11.8 Å². The third-order valence-corrected chi connectivity index (χ3v) is 5.83. The number of ether oxygens (including phenoxy) is 3. The predicted molar refractivity (Wildman–Crippen MR) is 127 cm³/mol. The van der Waals surface area contributed by atoms with E-state index in [9.17, 15) is 9.59 Å². The van der Waals surface area contributed by atoms with Crippen LogP contribution < -0.4 is 14.8 Å². The van der Waals surface area contributed by atoms with Gasteiger partial charge >= 0.3 is 5.97 Å². The van der Waals surface area contributed by atoms with Gasteiger partial charge in [0.05, 0.1) is 17.9 Å². The maximum absolute atomic E-state index is 12.5. The molecule has 0 bridgehead atoms. The van der Waals surface area contributed by atoms with Crippen LogP contribution in [-0.4, -0.2) is 45.6 Å². The topological polar surface area (TPSA) is 105 Å². The summed E-state index contributed by atoms with van der Waals surface area (Å²) in [6.07, 6.45) is 1.31.